The molecule has 3 amide bonds. The largest absolute Gasteiger partial charge is 0.356 e. The van der Waals surface area contributed by atoms with Gasteiger partial charge in [0.15, 0.2) is 0 Å². The van der Waals surface area contributed by atoms with Gasteiger partial charge >= 0.3 is 6.03 Å². The number of rotatable bonds is 3. The summed E-state index contributed by atoms with van der Waals surface area (Å²) in [6.45, 7) is 6.65. The molecule has 5 nitrogen and oxygen atoms in total. The van der Waals surface area contributed by atoms with E-state index in [1.807, 2.05) is 32.0 Å². The fraction of sp³-hybridized carbons (Fsp3) is 0.474. The molecule has 2 aliphatic heterocycles. The van der Waals surface area contributed by atoms with E-state index in [1.54, 1.807) is 4.90 Å². The fourth-order valence-electron chi connectivity index (χ4n) is 4.23. The van der Waals surface area contributed by atoms with Gasteiger partial charge in [-0.2, -0.15) is 0 Å². The van der Waals surface area contributed by atoms with Crippen LogP contribution in [-0.4, -0.2) is 39.3 Å². The SMILES string of the molecule is CCCCN1C(=O)[C@@H]2Cc3c([nH]c4ccccc34)C(C)(C)N2C1=O. The second-order valence-electron chi connectivity index (χ2n) is 7.30. The van der Waals surface area contributed by atoms with Crippen molar-refractivity contribution in [3.8, 4) is 0 Å². The summed E-state index contributed by atoms with van der Waals surface area (Å²) in [5, 5.41) is 1.16. The smallest absolute Gasteiger partial charge is 0.328 e. The topological polar surface area (TPSA) is 56.4 Å². The Labute approximate surface area is 141 Å². The van der Waals surface area contributed by atoms with Crippen molar-refractivity contribution in [2.75, 3.05) is 6.54 Å². The molecule has 1 aromatic carbocycles. The number of fused-ring (bicyclic) bond motifs is 4. The Bertz CT molecular complexity index is 836. The standard InChI is InChI=1S/C19H23N3O2/c1-4-5-10-21-17(23)15-11-13-12-8-6-7-9-14(12)20-16(13)19(2,3)22(15)18(21)24/h6-9,15,20H,4-5,10-11H2,1-3H3/t15-/m0/s1. The van der Waals surface area contributed by atoms with Crippen molar-refractivity contribution >= 4 is 22.8 Å². The predicted molar refractivity (Wildman–Crippen MR) is 92.7 cm³/mol. The average Bonchev–Trinajstić information content (AvgIpc) is 3.04. The highest BCUT2D eigenvalue weighted by atomic mass is 16.2. The van der Waals surface area contributed by atoms with Crippen molar-refractivity contribution in [2.24, 2.45) is 0 Å². The first-order valence-electron chi connectivity index (χ1n) is 8.71. The molecule has 0 bridgehead atoms. The van der Waals surface area contributed by atoms with Crippen LogP contribution in [0.1, 0.15) is 44.9 Å². The number of nitrogens with one attached hydrogen (secondary N) is 1. The van der Waals surface area contributed by atoms with Gasteiger partial charge in [0.25, 0.3) is 5.91 Å². The van der Waals surface area contributed by atoms with Crippen molar-refractivity contribution in [1.29, 1.82) is 0 Å². The van der Waals surface area contributed by atoms with Crippen molar-refractivity contribution < 1.29 is 9.59 Å². The highest BCUT2D eigenvalue weighted by Gasteiger charge is 2.55. The molecular weight excluding hydrogens is 302 g/mol. The molecule has 3 heterocycles. The number of carbonyl (C=O) groups is 2. The number of benzene rings is 1. The average molecular weight is 325 g/mol. The summed E-state index contributed by atoms with van der Waals surface area (Å²) in [4.78, 5) is 32.5. The molecule has 1 N–H and O–H groups in total. The molecule has 5 heteroatoms. The quantitative estimate of drug-likeness (QED) is 0.880. The molecule has 0 saturated carbocycles. The molecule has 126 valence electrons. The maximum Gasteiger partial charge on any atom is 0.328 e. The minimum Gasteiger partial charge on any atom is -0.356 e. The molecule has 24 heavy (non-hydrogen) atoms. The summed E-state index contributed by atoms with van der Waals surface area (Å²) in [7, 11) is 0. The van der Waals surface area contributed by atoms with E-state index in [4.69, 9.17) is 0 Å². The lowest BCUT2D eigenvalue weighted by molar-refractivity contribution is -0.129. The Morgan fingerprint density at radius 3 is 2.75 bits per heavy atom. The maximum atomic E-state index is 12.9. The number of para-hydroxylation sites is 1. The van der Waals surface area contributed by atoms with Gasteiger partial charge in [-0.1, -0.05) is 31.5 Å². The highest BCUT2D eigenvalue weighted by molar-refractivity contribution is 6.05. The van der Waals surface area contributed by atoms with Crippen LogP contribution in [0, 0.1) is 0 Å². The van der Waals surface area contributed by atoms with Gasteiger partial charge in [-0.25, -0.2) is 4.79 Å². The molecule has 0 spiro atoms. The Balaban J connectivity index is 1.82. The van der Waals surface area contributed by atoms with Crippen molar-refractivity contribution in [1.82, 2.24) is 14.8 Å². The van der Waals surface area contributed by atoms with Crippen LogP contribution in [0.4, 0.5) is 4.79 Å². The van der Waals surface area contributed by atoms with Gasteiger partial charge in [0.2, 0.25) is 0 Å². The molecule has 4 rings (SSSR count). The molecule has 2 aromatic rings. The Morgan fingerprint density at radius 1 is 1.25 bits per heavy atom. The zero-order valence-corrected chi connectivity index (χ0v) is 14.4. The van der Waals surface area contributed by atoms with Crippen LogP contribution in [0.3, 0.4) is 0 Å². The van der Waals surface area contributed by atoms with E-state index in [1.165, 1.54) is 10.5 Å². The maximum absolute atomic E-state index is 12.9. The lowest BCUT2D eigenvalue weighted by Crippen LogP contribution is -2.52. The minimum absolute atomic E-state index is 0.0440. The zero-order valence-electron chi connectivity index (χ0n) is 14.4. The predicted octanol–water partition coefficient (Wildman–Crippen LogP) is 3.39. The number of aromatic amines is 1. The molecule has 0 unspecified atom stereocenters. The number of amides is 3. The summed E-state index contributed by atoms with van der Waals surface area (Å²) in [5.74, 6) is -0.0440. The number of hydrogen-bond acceptors (Lipinski definition) is 2. The highest BCUT2D eigenvalue weighted by Crippen LogP contribution is 2.44. The van der Waals surface area contributed by atoms with Crippen LogP contribution in [-0.2, 0) is 16.8 Å². The second kappa shape index (κ2) is 5.10. The van der Waals surface area contributed by atoms with Crippen LogP contribution in [0.5, 0.6) is 0 Å². The third-order valence-electron chi connectivity index (χ3n) is 5.46. The number of H-pyrrole nitrogens is 1. The van der Waals surface area contributed by atoms with E-state index >= 15 is 0 Å². The van der Waals surface area contributed by atoms with Crippen LogP contribution >= 0.6 is 0 Å². The van der Waals surface area contributed by atoms with E-state index in [-0.39, 0.29) is 18.0 Å². The van der Waals surface area contributed by atoms with E-state index in [0.29, 0.717) is 13.0 Å². The summed E-state index contributed by atoms with van der Waals surface area (Å²) >= 11 is 0. The van der Waals surface area contributed by atoms with Gasteiger partial charge in [-0.05, 0) is 31.9 Å². The lowest BCUT2D eigenvalue weighted by Gasteiger charge is -2.42. The number of nitrogens with zero attached hydrogens (tertiary/aromatic N) is 2. The van der Waals surface area contributed by atoms with Crippen LogP contribution in [0.15, 0.2) is 24.3 Å². The first-order chi connectivity index (χ1) is 11.5. The number of imide groups is 1. The lowest BCUT2D eigenvalue weighted by atomic mass is 9.85. The molecule has 1 aromatic heterocycles. The molecule has 2 aliphatic rings. The molecule has 0 aliphatic carbocycles. The van der Waals surface area contributed by atoms with Gasteiger partial charge in [0, 0.05) is 29.6 Å². The number of carbonyl (C=O) groups excluding carboxylic acids is 2. The van der Waals surface area contributed by atoms with Gasteiger partial charge in [-0.15, -0.1) is 0 Å². The molecule has 1 fully saturated rings. The summed E-state index contributed by atoms with van der Waals surface area (Å²) in [5.41, 5.74) is 2.78. The molecular formula is C19H23N3O2. The van der Waals surface area contributed by atoms with E-state index in [0.717, 1.165) is 29.4 Å². The van der Waals surface area contributed by atoms with Crippen LogP contribution in [0.2, 0.25) is 0 Å². The third-order valence-corrected chi connectivity index (χ3v) is 5.46. The second-order valence-corrected chi connectivity index (χ2v) is 7.30. The van der Waals surface area contributed by atoms with Crippen molar-refractivity contribution in [2.45, 2.75) is 51.6 Å². The van der Waals surface area contributed by atoms with Crippen molar-refractivity contribution in [3.63, 3.8) is 0 Å². The number of unbranched alkanes of at least 4 members (excludes halogenated alkanes) is 1. The van der Waals surface area contributed by atoms with Crippen LogP contribution < -0.4 is 0 Å². The van der Waals surface area contributed by atoms with E-state index in [2.05, 4.69) is 18.0 Å². The van der Waals surface area contributed by atoms with Crippen molar-refractivity contribution in [3.05, 3.63) is 35.5 Å². The monoisotopic (exact) mass is 325 g/mol. The number of urea groups is 1. The summed E-state index contributed by atoms with van der Waals surface area (Å²) in [6, 6.07) is 7.63. The Hall–Kier alpha value is -2.30. The number of aromatic nitrogens is 1. The Morgan fingerprint density at radius 2 is 2.00 bits per heavy atom. The van der Waals surface area contributed by atoms with Gasteiger partial charge in [-0.3, -0.25) is 9.69 Å². The number of hydrogen-bond donors (Lipinski definition) is 1. The summed E-state index contributed by atoms with van der Waals surface area (Å²) in [6.07, 6.45) is 2.41. The fourth-order valence-corrected chi connectivity index (χ4v) is 4.23. The van der Waals surface area contributed by atoms with E-state index in [9.17, 15) is 9.59 Å². The molecule has 1 atom stereocenters. The molecule has 0 radical (unpaired) electrons. The third kappa shape index (κ3) is 1.87. The van der Waals surface area contributed by atoms with Gasteiger partial charge in [0.1, 0.15) is 6.04 Å². The first kappa shape index (κ1) is 15.2. The van der Waals surface area contributed by atoms with Gasteiger partial charge in [0.05, 0.1) is 5.54 Å². The summed E-state index contributed by atoms with van der Waals surface area (Å²) < 4.78 is 0. The molecule has 1 saturated heterocycles. The zero-order chi connectivity index (χ0) is 17.1. The normalized spacial score (nSPS) is 22.2. The Kier molecular flexibility index (Phi) is 3.24. The first-order valence-corrected chi connectivity index (χ1v) is 8.71. The minimum atomic E-state index is -0.523. The van der Waals surface area contributed by atoms with E-state index < -0.39 is 5.54 Å². The van der Waals surface area contributed by atoms with Gasteiger partial charge < -0.3 is 9.88 Å². The van der Waals surface area contributed by atoms with Crippen LogP contribution in [0.25, 0.3) is 10.9 Å².